The number of likely N-dealkylation sites (N-methyl/N-ethyl adjacent to an activating group) is 2. The molecule has 1 amide bonds. The molecule has 1 unspecified atom stereocenters. The standard InChI is InChI=1S/C17H25F2N3O2/c1-20-5-7-22(8-6-20)12-15(23)11-21(2)17(24)9-13-3-4-14(18)10-16(13)19/h3-4,10,15,23H,5-9,11-12H2,1-2H3. The molecule has 1 aliphatic heterocycles. The van der Waals surface area contributed by atoms with Crippen molar-refractivity contribution in [1.29, 1.82) is 0 Å². The summed E-state index contributed by atoms with van der Waals surface area (Å²) >= 11 is 0. The fourth-order valence-corrected chi connectivity index (χ4v) is 2.77. The molecule has 1 atom stereocenters. The Labute approximate surface area is 141 Å². The topological polar surface area (TPSA) is 47.0 Å². The van der Waals surface area contributed by atoms with Crippen molar-refractivity contribution in [2.24, 2.45) is 0 Å². The minimum Gasteiger partial charge on any atom is -0.390 e. The van der Waals surface area contributed by atoms with E-state index in [4.69, 9.17) is 0 Å². The lowest BCUT2D eigenvalue weighted by atomic mass is 10.1. The van der Waals surface area contributed by atoms with E-state index in [0.29, 0.717) is 6.54 Å². The average Bonchev–Trinajstić information content (AvgIpc) is 2.52. The molecule has 134 valence electrons. The molecule has 1 fully saturated rings. The maximum absolute atomic E-state index is 13.6. The van der Waals surface area contributed by atoms with Crippen LogP contribution >= 0.6 is 0 Å². The molecule has 1 N–H and O–H groups in total. The van der Waals surface area contributed by atoms with Gasteiger partial charge in [0.25, 0.3) is 0 Å². The molecule has 1 aromatic rings. The lowest BCUT2D eigenvalue weighted by Crippen LogP contribution is -2.49. The molecule has 0 spiro atoms. The van der Waals surface area contributed by atoms with Crippen molar-refractivity contribution in [3.8, 4) is 0 Å². The molecular formula is C17H25F2N3O2. The van der Waals surface area contributed by atoms with Crippen LogP contribution in [0.1, 0.15) is 5.56 Å². The maximum atomic E-state index is 13.6. The molecule has 24 heavy (non-hydrogen) atoms. The van der Waals surface area contributed by atoms with Gasteiger partial charge in [0.1, 0.15) is 11.6 Å². The van der Waals surface area contributed by atoms with E-state index in [1.54, 1.807) is 7.05 Å². The zero-order valence-electron chi connectivity index (χ0n) is 14.2. The minimum absolute atomic E-state index is 0.149. The van der Waals surface area contributed by atoms with E-state index in [1.807, 2.05) is 0 Å². The van der Waals surface area contributed by atoms with Gasteiger partial charge in [-0.25, -0.2) is 8.78 Å². The number of aliphatic hydroxyl groups is 1. The summed E-state index contributed by atoms with van der Waals surface area (Å²) in [5, 5.41) is 10.2. The Morgan fingerprint density at radius 2 is 1.96 bits per heavy atom. The maximum Gasteiger partial charge on any atom is 0.226 e. The van der Waals surface area contributed by atoms with Gasteiger partial charge in [0, 0.05) is 52.4 Å². The van der Waals surface area contributed by atoms with Gasteiger partial charge in [-0.05, 0) is 18.7 Å². The number of nitrogens with zero attached hydrogens (tertiary/aromatic N) is 3. The molecule has 0 radical (unpaired) electrons. The third-order valence-corrected chi connectivity index (χ3v) is 4.33. The van der Waals surface area contributed by atoms with Gasteiger partial charge in [0.15, 0.2) is 0 Å². The Balaban J connectivity index is 1.80. The summed E-state index contributed by atoms with van der Waals surface area (Å²) in [4.78, 5) is 17.9. The van der Waals surface area contributed by atoms with Crippen LogP contribution in [0, 0.1) is 11.6 Å². The van der Waals surface area contributed by atoms with E-state index in [9.17, 15) is 18.7 Å². The second kappa shape index (κ2) is 8.50. The third kappa shape index (κ3) is 5.51. The second-order valence-corrected chi connectivity index (χ2v) is 6.44. The van der Waals surface area contributed by atoms with Crippen LogP contribution < -0.4 is 0 Å². The first kappa shape index (κ1) is 18.8. The molecule has 0 aromatic heterocycles. The van der Waals surface area contributed by atoms with Gasteiger partial charge in [0.05, 0.1) is 12.5 Å². The number of hydrogen-bond acceptors (Lipinski definition) is 4. The Hall–Kier alpha value is -1.57. The average molecular weight is 341 g/mol. The van der Waals surface area contributed by atoms with Gasteiger partial charge >= 0.3 is 0 Å². The van der Waals surface area contributed by atoms with Crippen molar-refractivity contribution in [3.63, 3.8) is 0 Å². The Morgan fingerprint density at radius 3 is 2.58 bits per heavy atom. The normalized spacial score (nSPS) is 17.7. The van der Waals surface area contributed by atoms with Crippen LogP contribution in [0.25, 0.3) is 0 Å². The number of carbonyl (C=O) groups excluding carboxylic acids is 1. The molecule has 0 bridgehead atoms. The fourth-order valence-electron chi connectivity index (χ4n) is 2.77. The zero-order valence-corrected chi connectivity index (χ0v) is 14.2. The molecule has 0 aliphatic carbocycles. The van der Waals surface area contributed by atoms with E-state index in [-0.39, 0.29) is 24.4 Å². The number of amides is 1. The van der Waals surface area contributed by atoms with Crippen molar-refractivity contribution in [2.75, 3.05) is 53.4 Å². The van der Waals surface area contributed by atoms with Gasteiger partial charge in [-0.3, -0.25) is 9.69 Å². The number of hydrogen-bond donors (Lipinski definition) is 1. The van der Waals surface area contributed by atoms with Crippen LogP contribution in [0.3, 0.4) is 0 Å². The summed E-state index contributed by atoms with van der Waals surface area (Å²) in [6, 6.07) is 3.18. The van der Waals surface area contributed by atoms with E-state index < -0.39 is 17.7 Å². The number of rotatable bonds is 6. The Kier molecular flexibility index (Phi) is 6.65. The molecule has 1 heterocycles. The monoisotopic (exact) mass is 341 g/mol. The van der Waals surface area contributed by atoms with Crippen LogP contribution in [0.4, 0.5) is 8.78 Å². The molecule has 1 saturated heterocycles. The van der Waals surface area contributed by atoms with Gasteiger partial charge in [-0.2, -0.15) is 0 Å². The van der Waals surface area contributed by atoms with E-state index in [1.165, 1.54) is 11.0 Å². The number of β-amino-alcohol motifs (C(OH)–C–C–N with tert-alkyl or cyclic N) is 1. The number of piperazine rings is 1. The highest BCUT2D eigenvalue weighted by atomic mass is 19.1. The smallest absolute Gasteiger partial charge is 0.226 e. The van der Waals surface area contributed by atoms with Crippen LogP contribution in [0.2, 0.25) is 0 Å². The van der Waals surface area contributed by atoms with Crippen molar-refractivity contribution in [2.45, 2.75) is 12.5 Å². The number of aliphatic hydroxyl groups excluding tert-OH is 1. The largest absolute Gasteiger partial charge is 0.390 e. The molecule has 1 aromatic carbocycles. The minimum atomic E-state index is -0.727. The first-order valence-electron chi connectivity index (χ1n) is 8.12. The summed E-state index contributed by atoms with van der Waals surface area (Å²) in [5.74, 6) is -1.70. The first-order valence-corrected chi connectivity index (χ1v) is 8.12. The highest BCUT2D eigenvalue weighted by Gasteiger charge is 2.20. The van der Waals surface area contributed by atoms with Crippen molar-refractivity contribution in [3.05, 3.63) is 35.4 Å². The molecule has 5 nitrogen and oxygen atoms in total. The second-order valence-electron chi connectivity index (χ2n) is 6.44. The summed E-state index contributed by atoms with van der Waals surface area (Å²) in [6.45, 7) is 4.42. The van der Waals surface area contributed by atoms with E-state index in [2.05, 4.69) is 16.8 Å². The SMILES string of the molecule is CN1CCN(CC(O)CN(C)C(=O)Cc2ccc(F)cc2F)CC1. The quantitative estimate of drug-likeness (QED) is 0.822. The van der Waals surface area contributed by atoms with E-state index >= 15 is 0 Å². The number of halogens is 2. The van der Waals surface area contributed by atoms with E-state index in [0.717, 1.165) is 38.3 Å². The van der Waals surface area contributed by atoms with Crippen LogP contribution in [-0.4, -0.2) is 85.2 Å². The highest BCUT2D eigenvalue weighted by Crippen LogP contribution is 2.11. The van der Waals surface area contributed by atoms with Crippen LogP contribution in [-0.2, 0) is 11.2 Å². The molecule has 7 heteroatoms. The molecule has 1 aliphatic rings. The van der Waals surface area contributed by atoms with Crippen molar-refractivity contribution in [1.82, 2.24) is 14.7 Å². The Morgan fingerprint density at radius 1 is 1.29 bits per heavy atom. The predicted molar refractivity (Wildman–Crippen MR) is 87.6 cm³/mol. The zero-order chi connectivity index (χ0) is 17.7. The summed E-state index contributed by atoms with van der Waals surface area (Å²) in [6.07, 6.45) is -0.801. The fraction of sp³-hybridized carbons (Fsp3) is 0.588. The third-order valence-electron chi connectivity index (χ3n) is 4.33. The highest BCUT2D eigenvalue weighted by molar-refractivity contribution is 5.78. The van der Waals surface area contributed by atoms with Gasteiger partial charge in [-0.1, -0.05) is 6.07 Å². The Bertz CT molecular complexity index is 563. The molecule has 2 rings (SSSR count). The lowest BCUT2D eigenvalue weighted by Gasteiger charge is -2.34. The van der Waals surface area contributed by atoms with Gasteiger partial charge in [-0.15, -0.1) is 0 Å². The van der Waals surface area contributed by atoms with Crippen LogP contribution in [0.5, 0.6) is 0 Å². The van der Waals surface area contributed by atoms with Gasteiger partial charge in [0.2, 0.25) is 5.91 Å². The lowest BCUT2D eigenvalue weighted by molar-refractivity contribution is -0.130. The molecular weight excluding hydrogens is 316 g/mol. The van der Waals surface area contributed by atoms with Crippen molar-refractivity contribution >= 4 is 5.91 Å². The summed E-state index contributed by atoms with van der Waals surface area (Å²) < 4.78 is 26.5. The predicted octanol–water partition coefficient (Wildman–Crippen LogP) is 0.574. The van der Waals surface area contributed by atoms with Gasteiger partial charge < -0.3 is 14.9 Å². The first-order chi connectivity index (χ1) is 11.3. The summed E-state index contributed by atoms with van der Waals surface area (Å²) in [7, 11) is 3.64. The number of benzene rings is 1. The summed E-state index contributed by atoms with van der Waals surface area (Å²) in [5.41, 5.74) is 0.154. The van der Waals surface area contributed by atoms with Crippen molar-refractivity contribution < 1.29 is 18.7 Å². The van der Waals surface area contributed by atoms with Crippen LogP contribution in [0.15, 0.2) is 18.2 Å². The molecule has 0 saturated carbocycles. The number of carbonyl (C=O) groups is 1.